The van der Waals surface area contributed by atoms with Gasteiger partial charge in [0, 0.05) is 17.6 Å². The smallest absolute Gasteiger partial charge is 0.292 e. The Bertz CT molecular complexity index is 352. The van der Waals surface area contributed by atoms with Crippen molar-refractivity contribution >= 4 is 27.3 Å². The maximum atomic E-state index is 10.6. The predicted molar refractivity (Wildman–Crippen MR) is 55.1 cm³/mol. The molecule has 1 aromatic carbocycles. The molecule has 0 aliphatic heterocycles. The molecule has 0 amide bonds. The molecule has 0 bridgehead atoms. The SMILES string of the molecule is CNc1c([N+](=O)[O-])ccc(Br)c1C. The van der Waals surface area contributed by atoms with Gasteiger partial charge in [0.2, 0.25) is 0 Å². The fourth-order valence-corrected chi connectivity index (χ4v) is 1.47. The highest BCUT2D eigenvalue weighted by atomic mass is 79.9. The molecule has 13 heavy (non-hydrogen) atoms. The van der Waals surface area contributed by atoms with Crippen molar-refractivity contribution in [2.75, 3.05) is 12.4 Å². The van der Waals surface area contributed by atoms with Gasteiger partial charge in [-0.25, -0.2) is 0 Å². The van der Waals surface area contributed by atoms with Crippen LogP contribution in [0.3, 0.4) is 0 Å². The van der Waals surface area contributed by atoms with Crippen molar-refractivity contribution in [1.82, 2.24) is 0 Å². The third-order valence-electron chi connectivity index (χ3n) is 1.82. The lowest BCUT2D eigenvalue weighted by molar-refractivity contribution is -0.384. The van der Waals surface area contributed by atoms with E-state index in [9.17, 15) is 10.1 Å². The number of hydrogen-bond acceptors (Lipinski definition) is 3. The van der Waals surface area contributed by atoms with Crippen molar-refractivity contribution in [2.45, 2.75) is 6.92 Å². The minimum absolute atomic E-state index is 0.100. The molecule has 4 nitrogen and oxygen atoms in total. The third-order valence-corrected chi connectivity index (χ3v) is 2.68. The van der Waals surface area contributed by atoms with Crippen molar-refractivity contribution < 1.29 is 4.92 Å². The fourth-order valence-electron chi connectivity index (χ4n) is 1.14. The van der Waals surface area contributed by atoms with Gasteiger partial charge in [0.05, 0.1) is 4.92 Å². The van der Waals surface area contributed by atoms with Gasteiger partial charge in [-0.05, 0) is 18.6 Å². The van der Waals surface area contributed by atoms with Crippen molar-refractivity contribution in [3.05, 3.63) is 32.3 Å². The van der Waals surface area contributed by atoms with Crippen molar-refractivity contribution in [2.24, 2.45) is 0 Å². The largest absolute Gasteiger partial charge is 0.382 e. The highest BCUT2D eigenvalue weighted by Gasteiger charge is 2.15. The Balaban J connectivity index is 3.38. The Kier molecular flexibility index (Phi) is 2.87. The van der Waals surface area contributed by atoms with E-state index in [2.05, 4.69) is 21.2 Å². The van der Waals surface area contributed by atoms with E-state index in [1.165, 1.54) is 6.07 Å². The van der Waals surface area contributed by atoms with E-state index in [1.807, 2.05) is 6.92 Å². The first kappa shape index (κ1) is 9.98. The quantitative estimate of drug-likeness (QED) is 0.643. The molecule has 0 heterocycles. The van der Waals surface area contributed by atoms with Gasteiger partial charge in [-0.2, -0.15) is 0 Å². The summed E-state index contributed by atoms with van der Waals surface area (Å²) in [6.45, 7) is 1.82. The van der Waals surface area contributed by atoms with Gasteiger partial charge in [0.15, 0.2) is 0 Å². The number of nitro groups is 1. The Labute approximate surface area is 84.2 Å². The Morgan fingerprint density at radius 1 is 1.54 bits per heavy atom. The van der Waals surface area contributed by atoms with Crippen LogP contribution >= 0.6 is 15.9 Å². The molecule has 70 valence electrons. The van der Waals surface area contributed by atoms with Crippen LogP contribution in [0.2, 0.25) is 0 Å². The second-order valence-electron chi connectivity index (χ2n) is 2.57. The first-order valence-corrected chi connectivity index (χ1v) is 4.48. The highest BCUT2D eigenvalue weighted by molar-refractivity contribution is 9.10. The van der Waals surface area contributed by atoms with Crippen molar-refractivity contribution in [1.29, 1.82) is 0 Å². The lowest BCUT2D eigenvalue weighted by Crippen LogP contribution is -1.99. The van der Waals surface area contributed by atoms with E-state index in [0.717, 1.165) is 10.0 Å². The second-order valence-corrected chi connectivity index (χ2v) is 3.43. The normalized spacial score (nSPS) is 9.77. The highest BCUT2D eigenvalue weighted by Crippen LogP contribution is 2.32. The average molecular weight is 245 g/mol. The van der Waals surface area contributed by atoms with Crippen LogP contribution in [0.1, 0.15) is 5.56 Å². The maximum Gasteiger partial charge on any atom is 0.292 e. The van der Waals surface area contributed by atoms with Crippen LogP contribution in [0, 0.1) is 17.0 Å². The van der Waals surface area contributed by atoms with Crippen LogP contribution in [0.15, 0.2) is 16.6 Å². The van der Waals surface area contributed by atoms with Gasteiger partial charge >= 0.3 is 0 Å². The third kappa shape index (κ3) is 1.80. The van der Waals surface area contributed by atoms with Crippen molar-refractivity contribution in [3.8, 4) is 0 Å². The minimum atomic E-state index is -0.398. The van der Waals surface area contributed by atoms with E-state index in [4.69, 9.17) is 0 Å². The lowest BCUT2D eigenvalue weighted by atomic mass is 10.1. The summed E-state index contributed by atoms with van der Waals surface area (Å²) in [6, 6.07) is 3.15. The molecule has 1 N–H and O–H groups in total. The van der Waals surface area contributed by atoms with E-state index in [1.54, 1.807) is 13.1 Å². The second kappa shape index (κ2) is 3.74. The number of halogens is 1. The van der Waals surface area contributed by atoms with E-state index in [0.29, 0.717) is 5.69 Å². The van der Waals surface area contributed by atoms with Crippen LogP contribution in [0.5, 0.6) is 0 Å². The molecule has 0 radical (unpaired) electrons. The molecule has 0 atom stereocenters. The zero-order valence-electron chi connectivity index (χ0n) is 7.30. The van der Waals surface area contributed by atoms with E-state index in [-0.39, 0.29) is 5.69 Å². The summed E-state index contributed by atoms with van der Waals surface area (Å²) in [5, 5.41) is 13.4. The number of anilines is 1. The first-order chi connectivity index (χ1) is 6.07. The number of rotatable bonds is 2. The first-order valence-electron chi connectivity index (χ1n) is 3.69. The summed E-state index contributed by atoms with van der Waals surface area (Å²) in [4.78, 5) is 10.2. The molecule has 0 spiro atoms. The van der Waals surface area contributed by atoms with Crippen molar-refractivity contribution in [3.63, 3.8) is 0 Å². The van der Waals surface area contributed by atoms with E-state index < -0.39 is 4.92 Å². The van der Waals surface area contributed by atoms with Gasteiger partial charge in [-0.1, -0.05) is 15.9 Å². The van der Waals surface area contributed by atoms with Gasteiger partial charge in [0.25, 0.3) is 5.69 Å². The van der Waals surface area contributed by atoms with Crippen LogP contribution in [0.25, 0.3) is 0 Å². The summed E-state index contributed by atoms with van der Waals surface area (Å²) < 4.78 is 0.863. The number of nitrogens with one attached hydrogen (secondary N) is 1. The molecule has 0 aromatic heterocycles. The molecule has 1 rings (SSSR count). The average Bonchev–Trinajstić information content (AvgIpc) is 2.09. The number of nitrogens with zero attached hydrogens (tertiary/aromatic N) is 1. The Morgan fingerprint density at radius 2 is 2.15 bits per heavy atom. The summed E-state index contributed by atoms with van der Waals surface area (Å²) >= 11 is 3.31. The van der Waals surface area contributed by atoms with Crippen LogP contribution in [-0.2, 0) is 0 Å². The van der Waals surface area contributed by atoms with Crippen LogP contribution < -0.4 is 5.32 Å². The molecule has 0 aliphatic rings. The zero-order chi connectivity index (χ0) is 10.0. The summed E-state index contributed by atoms with van der Waals surface area (Å²) in [5.41, 5.74) is 1.50. The molecular formula is C8H9BrN2O2. The maximum absolute atomic E-state index is 10.6. The number of benzene rings is 1. The summed E-state index contributed by atoms with van der Waals surface area (Å²) in [6.07, 6.45) is 0. The van der Waals surface area contributed by atoms with Gasteiger partial charge in [0.1, 0.15) is 5.69 Å². The molecule has 0 saturated carbocycles. The topological polar surface area (TPSA) is 55.2 Å². The van der Waals surface area contributed by atoms with Gasteiger partial charge in [-0.3, -0.25) is 10.1 Å². The molecule has 0 saturated heterocycles. The predicted octanol–water partition coefficient (Wildman–Crippen LogP) is 2.71. The molecule has 0 unspecified atom stereocenters. The molecule has 1 aromatic rings. The zero-order valence-corrected chi connectivity index (χ0v) is 8.88. The van der Waals surface area contributed by atoms with Crippen LogP contribution in [-0.4, -0.2) is 12.0 Å². The van der Waals surface area contributed by atoms with E-state index >= 15 is 0 Å². The lowest BCUT2D eigenvalue weighted by Gasteiger charge is -2.06. The Morgan fingerprint density at radius 3 is 2.62 bits per heavy atom. The molecule has 0 aliphatic carbocycles. The summed E-state index contributed by atoms with van der Waals surface area (Å²) in [5.74, 6) is 0. The number of hydrogen-bond donors (Lipinski definition) is 1. The molecular weight excluding hydrogens is 236 g/mol. The number of nitro benzene ring substituents is 1. The fraction of sp³-hybridized carbons (Fsp3) is 0.250. The minimum Gasteiger partial charge on any atom is -0.382 e. The molecule has 5 heteroatoms. The molecule has 0 fully saturated rings. The monoisotopic (exact) mass is 244 g/mol. The summed E-state index contributed by atoms with van der Waals surface area (Å²) in [7, 11) is 1.67. The van der Waals surface area contributed by atoms with Gasteiger partial charge in [-0.15, -0.1) is 0 Å². The standard InChI is InChI=1S/C8H9BrN2O2/c1-5-6(9)3-4-7(11(12)13)8(5)10-2/h3-4,10H,1-2H3. The van der Waals surface area contributed by atoms with Crippen LogP contribution in [0.4, 0.5) is 11.4 Å². The Hall–Kier alpha value is -1.10. The van der Waals surface area contributed by atoms with Gasteiger partial charge < -0.3 is 5.32 Å².